The smallest absolute Gasteiger partial charge is 0.0701 e. The van der Waals surface area contributed by atoms with Gasteiger partial charge in [-0.1, -0.05) is 24.3 Å². The fourth-order valence-electron chi connectivity index (χ4n) is 1.02. The van der Waals surface area contributed by atoms with Crippen molar-refractivity contribution in [2.75, 3.05) is 0 Å². The zero-order valence-electron chi connectivity index (χ0n) is 6.90. The normalized spacial score (nSPS) is 8.33. The molecule has 12 heavy (non-hydrogen) atoms. The molecule has 0 bridgehead atoms. The van der Waals surface area contributed by atoms with Crippen molar-refractivity contribution < 1.29 is 0 Å². The van der Waals surface area contributed by atoms with E-state index in [1.54, 1.807) is 0 Å². The van der Waals surface area contributed by atoms with E-state index in [1.165, 1.54) is 5.39 Å². The molecule has 0 saturated carbocycles. The first-order chi connectivity index (χ1) is 4.97. The van der Waals surface area contributed by atoms with Gasteiger partial charge < -0.3 is 12.3 Å². The van der Waals surface area contributed by atoms with Gasteiger partial charge in [-0.15, -0.1) is 0 Å². The molecule has 0 atom stereocenters. The summed E-state index contributed by atoms with van der Waals surface area (Å²) in [6.07, 6.45) is 1.81. The van der Waals surface area contributed by atoms with Crippen LogP contribution in [0.3, 0.4) is 0 Å². The summed E-state index contributed by atoms with van der Waals surface area (Å²) in [5.41, 5.74) is 1.06. The van der Waals surface area contributed by atoms with Crippen LogP contribution in [-0.4, -0.2) is 4.98 Å². The second-order valence-corrected chi connectivity index (χ2v) is 2.20. The lowest BCUT2D eigenvalue weighted by molar-refractivity contribution is 1.41. The molecule has 0 fully saturated rings. The summed E-state index contributed by atoms with van der Waals surface area (Å²) in [4.78, 5) is 4.18. The minimum atomic E-state index is 0. The molecule has 1 aromatic carbocycles. The molecule has 0 saturated heterocycles. The molecule has 0 aliphatic heterocycles. The SMILES string of the molecule is N.N.c1ccc2ncccc2c1. The minimum absolute atomic E-state index is 0. The fourth-order valence-corrected chi connectivity index (χ4v) is 1.02. The number of para-hydroxylation sites is 1. The molecule has 2 aromatic rings. The van der Waals surface area contributed by atoms with Crippen LogP contribution in [0.2, 0.25) is 0 Å². The van der Waals surface area contributed by atoms with Gasteiger partial charge >= 0.3 is 0 Å². The van der Waals surface area contributed by atoms with E-state index < -0.39 is 0 Å². The Morgan fingerprint density at radius 3 is 2.25 bits per heavy atom. The first-order valence-corrected chi connectivity index (χ1v) is 3.26. The summed E-state index contributed by atoms with van der Waals surface area (Å²) < 4.78 is 0. The van der Waals surface area contributed by atoms with E-state index in [1.807, 2.05) is 30.5 Å². The van der Waals surface area contributed by atoms with Gasteiger partial charge in [0.25, 0.3) is 0 Å². The lowest BCUT2D eigenvalue weighted by atomic mass is 10.2. The van der Waals surface area contributed by atoms with Gasteiger partial charge in [-0.05, 0) is 12.1 Å². The molecule has 0 unspecified atom stereocenters. The predicted octanol–water partition coefficient (Wildman–Crippen LogP) is 2.56. The van der Waals surface area contributed by atoms with E-state index in [0.29, 0.717) is 0 Å². The Bertz CT molecular complexity index is 281. The molecule has 1 heterocycles. The number of nitrogens with zero attached hydrogens (tertiary/aromatic N) is 1. The van der Waals surface area contributed by atoms with Crippen LogP contribution < -0.4 is 12.3 Å². The van der Waals surface area contributed by atoms with E-state index in [4.69, 9.17) is 0 Å². The van der Waals surface area contributed by atoms with Crippen molar-refractivity contribution in [2.45, 2.75) is 0 Å². The molecule has 2 rings (SSSR count). The van der Waals surface area contributed by atoms with Gasteiger partial charge in [-0.25, -0.2) is 0 Å². The second-order valence-electron chi connectivity index (χ2n) is 2.20. The van der Waals surface area contributed by atoms with Crippen molar-refractivity contribution in [3.05, 3.63) is 42.6 Å². The van der Waals surface area contributed by atoms with E-state index in [2.05, 4.69) is 17.1 Å². The predicted molar refractivity (Wildman–Crippen MR) is 51.8 cm³/mol. The van der Waals surface area contributed by atoms with Crippen molar-refractivity contribution in [3.63, 3.8) is 0 Å². The molecule has 0 aliphatic rings. The zero-order chi connectivity index (χ0) is 6.81. The van der Waals surface area contributed by atoms with Gasteiger partial charge in [0.05, 0.1) is 5.52 Å². The molecule has 3 nitrogen and oxygen atoms in total. The van der Waals surface area contributed by atoms with Gasteiger partial charge in [0.2, 0.25) is 0 Å². The Balaban J connectivity index is 0.000000605. The maximum atomic E-state index is 4.18. The topological polar surface area (TPSA) is 82.9 Å². The highest BCUT2D eigenvalue weighted by Gasteiger charge is 1.86. The third kappa shape index (κ3) is 1.78. The van der Waals surface area contributed by atoms with Crippen molar-refractivity contribution in [2.24, 2.45) is 0 Å². The molecule has 0 aliphatic carbocycles. The summed E-state index contributed by atoms with van der Waals surface area (Å²) >= 11 is 0. The maximum Gasteiger partial charge on any atom is 0.0701 e. The highest BCUT2D eigenvalue weighted by atomic mass is 14.6. The van der Waals surface area contributed by atoms with Crippen LogP contribution in [0, 0.1) is 0 Å². The quantitative estimate of drug-likeness (QED) is 0.626. The van der Waals surface area contributed by atoms with Crippen molar-refractivity contribution in [1.82, 2.24) is 17.3 Å². The van der Waals surface area contributed by atoms with E-state index in [9.17, 15) is 0 Å². The zero-order valence-corrected chi connectivity index (χ0v) is 6.90. The van der Waals surface area contributed by atoms with Crippen LogP contribution in [0.1, 0.15) is 0 Å². The number of hydrogen-bond donors (Lipinski definition) is 2. The lowest BCUT2D eigenvalue weighted by Gasteiger charge is -1.91. The Morgan fingerprint density at radius 1 is 0.833 bits per heavy atom. The Labute approximate surface area is 71.6 Å². The van der Waals surface area contributed by atoms with Gasteiger partial charge in [-0.3, -0.25) is 4.98 Å². The van der Waals surface area contributed by atoms with E-state index in [-0.39, 0.29) is 12.3 Å². The van der Waals surface area contributed by atoms with Crippen LogP contribution >= 0.6 is 0 Å². The number of hydrogen-bond acceptors (Lipinski definition) is 3. The van der Waals surface area contributed by atoms with Gasteiger partial charge in [0, 0.05) is 11.6 Å². The first kappa shape index (κ1) is 10.6. The van der Waals surface area contributed by atoms with Gasteiger partial charge in [0.15, 0.2) is 0 Å². The highest BCUT2D eigenvalue weighted by molar-refractivity contribution is 5.77. The third-order valence-corrected chi connectivity index (χ3v) is 1.51. The molecule has 0 spiro atoms. The summed E-state index contributed by atoms with van der Waals surface area (Å²) in [6, 6.07) is 12.1. The lowest BCUT2D eigenvalue weighted by Crippen LogP contribution is -1.73. The number of pyridine rings is 1. The van der Waals surface area contributed by atoms with Crippen LogP contribution in [0.25, 0.3) is 10.9 Å². The molecule has 0 radical (unpaired) electrons. The molecule has 1 aromatic heterocycles. The van der Waals surface area contributed by atoms with Crippen molar-refractivity contribution in [1.29, 1.82) is 0 Å². The minimum Gasteiger partial charge on any atom is -0.344 e. The molecular weight excluding hydrogens is 150 g/mol. The van der Waals surface area contributed by atoms with Gasteiger partial charge in [-0.2, -0.15) is 0 Å². The highest BCUT2D eigenvalue weighted by Crippen LogP contribution is 2.07. The molecule has 6 N–H and O–H groups in total. The van der Waals surface area contributed by atoms with E-state index >= 15 is 0 Å². The number of benzene rings is 1. The third-order valence-electron chi connectivity index (χ3n) is 1.51. The molecular formula is C9H13N3. The van der Waals surface area contributed by atoms with Crippen LogP contribution in [0.15, 0.2) is 42.6 Å². The monoisotopic (exact) mass is 163 g/mol. The number of rotatable bonds is 0. The largest absolute Gasteiger partial charge is 0.344 e. The first-order valence-electron chi connectivity index (χ1n) is 3.26. The maximum absolute atomic E-state index is 4.18. The number of aromatic nitrogens is 1. The van der Waals surface area contributed by atoms with Crippen molar-refractivity contribution >= 4 is 10.9 Å². The van der Waals surface area contributed by atoms with Gasteiger partial charge in [0.1, 0.15) is 0 Å². The Hall–Kier alpha value is -1.45. The average Bonchev–Trinajstić information content (AvgIpc) is 2.05. The summed E-state index contributed by atoms with van der Waals surface area (Å²) in [6.45, 7) is 0. The molecule has 0 amide bonds. The van der Waals surface area contributed by atoms with E-state index in [0.717, 1.165) is 5.52 Å². The Morgan fingerprint density at radius 2 is 1.50 bits per heavy atom. The fraction of sp³-hybridized carbons (Fsp3) is 0. The van der Waals surface area contributed by atoms with Crippen LogP contribution in [0.5, 0.6) is 0 Å². The Kier molecular flexibility index (Phi) is 3.90. The van der Waals surface area contributed by atoms with Crippen molar-refractivity contribution in [3.8, 4) is 0 Å². The second kappa shape index (κ2) is 4.43. The number of fused-ring (bicyclic) bond motifs is 1. The molecule has 3 heteroatoms. The summed E-state index contributed by atoms with van der Waals surface area (Å²) in [7, 11) is 0. The average molecular weight is 163 g/mol. The van der Waals surface area contributed by atoms with Crippen LogP contribution in [-0.2, 0) is 0 Å². The molecule has 64 valence electrons. The standard InChI is InChI=1S/C9H7N.2H3N/c1-2-6-9-8(4-1)5-3-7-10-9;;/h1-7H;2*1H3. The summed E-state index contributed by atoms with van der Waals surface area (Å²) in [5.74, 6) is 0. The summed E-state index contributed by atoms with van der Waals surface area (Å²) in [5, 5.41) is 1.20. The van der Waals surface area contributed by atoms with Crippen LogP contribution in [0.4, 0.5) is 0 Å².